The van der Waals surface area contributed by atoms with Crippen LogP contribution < -0.4 is 9.47 Å². The molecular formula is C63H88N2O6. The summed E-state index contributed by atoms with van der Waals surface area (Å²) in [5.74, 6) is 5.73. The first-order valence-electron chi connectivity index (χ1n) is 28.2. The van der Waals surface area contributed by atoms with Gasteiger partial charge < -0.3 is 19.3 Å². The minimum Gasteiger partial charge on any atom is -0.490 e. The SMILES string of the molecule is CC(C)(C)C1CCC(Oc2ccc3cc(CN4CC(C5CCCC(C(=O)O)C5)C4)ccc3c2)CC1.COC(=O)C1CCCC(C2CN(Cc3ccc4cc(OC5CCC(C(C)(C)C)CC5)ccc4c3)C2)C1. The molecular weight excluding hydrogens is 881 g/mol. The first-order chi connectivity index (χ1) is 34.0. The fourth-order valence-electron chi connectivity index (χ4n) is 13.9. The normalized spacial score (nSPS) is 28.3. The Hall–Kier alpha value is -4.14. The number of nitrogens with zero attached hydrogens (tertiary/aromatic N) is 2. The lowest BCUT2D eigenvalue weighted by molar-refractivity contribution is -0.148. The first kappa shape index (κ1) is 51.7. The van der Waals surface area contributed by atoms with Gasteiger partial charge in [0.15, 0.2) is 0 Å². The highest BCUT2D eigenvalue weighted by molar-refractivity contribution is 5.85. The first-order valence-corrected chi connectivity index (χ1v) is 28.2. The molecule has 8 nitrogen and oxygen atoms in total. The number of carbonyl (C=O) groups excluding carboxylic acids is 1. The number of esters is 1. The van der Waals surface area contributed by atoms with E-state index in [1.54, 1.807) is 0 Å². The smallest absolute Gasteiger partial charge is 0.308 e. The maximum Gasteiger partial charge on any atom is 0.308 e. The van der Waals surface area contributed by atoms with Crippen molar-refractivity contribution in [2.24, 2.45) is 58.2 Å². The minimum atomic E-state index is -0.594. The molecule has 10 rings (SSSR count). The number of hydrogen-bond donors (Lipinski definition) is 1. The maximum absolute atomic E-state index is 12.0. The Balaban J connectivity index is 0.000000176. The quantitative estimate of drug-likeness (QED) is 0.141. The molecule has 6 fully saturated rings. The van der Waals surface area contributed by atoms with E-state index in [-0.39, 0.29) is 17.8 Å². The zero-order chi connectivity index (χ0) is 49.9. The van der Waals surface area contributed by atoms with Gasteiger partial charge in [0.05, 0.1) is 31.2 Å². The number of rotatable bonds is 12. The highest BCUT2D eigenvalue weighted by atomic mass is 16.5. The van der Waals surface area contributed by atoms with E-state index in [1.165, 1.54) is 91.1 Å². The third kappa shape index (κ3) is 13.3. The number of hydrogen-bond acceptors (Lipinski definition) is 7. The van der Waals surface area contributed by atoms with Crippen molar-refractivity contribution in [3.63, 3.8) is 0 Å². The van der Waals surface area contributed by atoms with Crippen molar-refractivity contribution in [3.05, 3.63) is 83.9 Å². The van der Waals surface area contributed by atoms with Crippen molar-refractivity contribution in [1.82, 2.24) is 9.80 Å². The lowest BCUT2D eigenvalue weighted by Crippen LogP contribution is -2.50. The molecule has 71 heavy (non-hydrogen) atoms. The van der Waals surface area contributed by atoms with Gasteiger partial charge in [-0.1, -0.05) is 104 Å². The summed E-state index contributed by atoms with van der Waals surface area (Å²) in [6.07, 6.45) is 18.9. The van der Waals surface area contributed by atoms with Gasteiger partial charge in [-0.25, -0.2) is 0 Å². The molecule has 4 atom stereocenters. The van der Waals surface area contributed by atoms with Crippen LogP contribution in [0.1, 0.15) is 155 Å². The third-order valence-electron chi connectivity index (χ3n) is 18.6. The summed E-state index contributed by atoms with van der Waals surface area (Å²) >= 11 is 0. The average Bonchev–Trinajstić information content (AvgIpc) is 3.33. The number of benzene rings is 4. The molecule has 0 amide bonds. The molecule has 2 aliphatic heterocycles. The van der Waals surface area contributed by atoms with Gasteiger partial charge in [-0.3, -0.25) is 19.4 Å². The number of carbonyl (C=O) groups is 2. The van der Waals surface area contributed by atoms with E-state index in [2.05, 4.69) is 124 Å². The predicted octanol–water partition coefficient (Wildman–Crippen LogP) is 14.4. The van der Waals surface area contributed by atoms with Crippen molar-refractivity contribution in [2.45, 2.75) is 170 Å². The lowest BCUT2D eigenvalue weighted by Gasteiger charge is -2.45. The molecule has 0 bridgehead atoms. The Morgan fingerprint density at radius 2 is 0.901 bits per heavy atom. The molecule has 0 aromatic heterocycles. The summed E-state index contributed by atoms with van der Waals surface area (Å²) in [5.41, 5.74) is 3.55. The Bertz CT molecular complexity index is 2410. The minimum absolute atomic E-state index is 0.00600. The van der Waals surface area contributed by atoms with E-state index >= 15 is 0 Å². The molecule has 4 unspecified atom stereocenters. The predicted molar refractivity (Wildman–Crippen MR) is 288 cm³/mol. The highest BCUT2D eigenvalue weighted by Gasteiger charge is 2.40. The molecule has 4 aromatic rings. The second-order valence-electron chi connectivity index (χ2n) is 25.6. The molecule has 0 spiro atoms. The monoisotopic (exact) mass is 969 g/mol. The Morgan fingerprint density at radius 3 is 1.31 bits per heavy atom. The van der Waals surface area contributed by atoms with Crippen LogP contribution in [-0.4, -0.2) is 72.3 Å². The Morgan fingerprint density at radius 1 is 0.507 bits per heavy atom. The van der Waals surface area contributed by atoms with E-state index < -0.39 is 5.97 Å². The zero-order valence-electron chi connectivity index (χ0n) is 44.6. The van der Waals surface area contributed by atoms with Crippen molar-refractivity contribution in [2.75, 3.05) is 33.3 Å². The van der Waals surface area contributed by atoms with Crippen LogP contribution in [0.15, 0.2) is 72.8 Å². The lowest BCUT2D eigenvalue weighted by atomic mass is 9.72. The van der Waals surface area contributed by atoms with Gasteiger partial charge in [-0.2, -0.15) is 0 Å². The number of carboxylic acid groups (broad SMARTS) is 1. The maximum atomic E-state index is 12.0. The van der Waals surface area contributed by atoms with E-state index in [4.69, 9.17) is 14.2 Å². The number of aliphatic carboxylic acids is 1. The van der Waals surface area contributed by atoms with Gasteiger partial charge in [0.1, 0.15) is 11.5 Å². The topological polar surface area (TPSA) is 88.5 Å². The van der Waals surface area contributed by atoms with E-state index in [1.807, 2.05) is 0 Å². The van der Waals surface area contributed by atoms with Crippen LogP contribution in [0, 0.1) is 58.2 Å². The Kier molecular flexibility index (Phi) is 16.4. The number of methoxy groups -OCH3 is 1. The highest BCUT2D eigenvalue weighted by Crippen LogP contribution is 2.43. The fourth-order valence-corrected chi connectivity index (χ4v) is 13.9. The second-order valence-corrected chi connectivity index (χ2v) is 25.6. The zero-order valence-corrected chi connectivity index (χ0v) is 44.6. The molecule has 1 N–H and O–H groups in total. The summed E-state index contributed by atoms with van der Waals surface area (Å²) < 4.78 is 17.8. The van der Waals surface area contributed by atoms with Gasteiger partial charge in [0.2, 0.25) is 0 Å². The number of ether oxygens (including phenoxy) is 3. The summed E-state index contributed by atoms with van der Waals surface area (Å²) in [6, 6.07) is 26.9. The molecule has 0 radical (unpaired) electrons. The van der Waals surface area contributed by atoms with Crippen molar-refractivity contribution >= 4 is 33.5 Å². The van der Waals surface area contributed by atoms with Crippen LogP contribution in [0.4, 0.5) is 0 Å². The summed E-state index contributed by atoms with van der Waals surface area (Å²) in [4.78, 5) is 28.4. The van der Waals surface area contributed by atoms with Crippen LogP contribution in [0.5, 0.6) is 11.5 Å². The van der Waals surface area contributed by atoms with Gasteiger partial charge in [0, 0.05) is 39.3 Å². The van der Waals surface area contributed by atoms with Crippen LogP contribution in [0.25, 0.3) is 21.5 Å². The van der Waals surface area contributed by atoms with Gasteiger partial charge in [-0.05, 0) is 192 Å². The molecule has 2 saturated heterocycles. The number of carboxylic acids is 1. The molecule has 4 aliphatic carbocycles. The van der Waals surface area contributed by atoms with Crippen molar-refractivity contribution < 1.29 is 28.9 Å². The van der Waals surface area contributed by atoms with Crippen LogP contribution in [0.3, 0.4) is 0 Å². The fraction of sp³-hybridized carbons (Fsp3) is 0.651. The van der Waals surface area contributed by atoms with Crippen molar-refractivity contribution in [3.8, 4) is 11.5 Å². The summed E-state index contributed by atoms with van der Waals surface area (Å²) in [5, 5.41) is 14.5. The molecule has 2 heterocycles. The number of fused-ring (bicyclic) bond motifs is 2. The van der Waals surface area contributed by atoms with Crippen LogP contribution in [-0.2, 0) is 27.4 Å². The largest absolute Gasteiger partial charge is 0.490 e. The van der Waals surface area contributed by atoms with Crippen molar-refractivity contribution in [1.29, 1.82) is 0 Å². The van der Waals surface area contributed by atoms with E-state index in [9.17, 15) is 14.7 Å². The average molecular weight is 969 g/mol. The van der Waals surface area contributed by atoms with E-state index in [0.29, 0.717) is 40.8 Å². The molecule has 4 saturated carbocycles. The van der Waals surface area contributed by atoms with Crippen LogP contribution in [0.2, 0.25) is 0 Å². The second kappa shape index (κ2) is 22.5. The molecule has 6 aliphatic rings. The number of likely N-dealkylation sites (tertiary alicyclic amines) is 2. The van der Waals surface area contributed by atoms with Gasteiger partial charge >= 0.3 is 11.9 Å². The van der Waals surface area contributed by atoms with Gasteiger partial charge in [0.25, 0.3) is 0 Å². The summed E-state index contributed by atoms with van der Waals surface area (Å²) in [6.45, 7) is 20.7. The molecule has 8 heteroatoms. The van der Waals surface area contributed by atoms with E-state index in [0.717, 1.165) is 120 Å². The molecule has 4 aromatic carbocycles. The van der Waals surface area contributed by atoms with Crippen LogP contribution >= 0.6 is 0 Å². The summed E-state index contributed by atoms with van der Waals surface area (Å²) in [7, 11) is 1.52. The van der Waals surface area contributed by atoms with Gasteiger partial charge in [-0.15, -0.1) is 0 Å². The third-order valence-corrected chi connectivity index (χ3v) is 18.6. The molecule has 386 valence electrons. The Labute approximate surface area is 426 Å². The standard InChI is InChI=1S/C32H45NO3.C31H43NO3/c1-32(2,3)28-11-14-29(15-12-28)36-30-13-10-24-16-22(8-9-25(24)18-30)19-33-20-27(21-33)23-6-5-7-26(17-23)31(34)35-4;1-31(2,3)27-10-13-28(14-11-27)35-29-12-9-23-15-21(7-8-24(23)17-29)18-32-19-26(20-32)22-5-4-6-25(16-22)30(33)34/h8-10,13,16,18,23,26-29H,5-7,11-12,14-15,17,19-21H2,1-4H3;7-9,12,15,17,22,25-28H,4-6,10-11,13-14,16,18-20H2,1-3H3,(H,33,34).